The first-order valence-corrected chi connectivity index (χ1v) is 6.39. The van der Waals surface area contributed by atoms with Crippen molar-refractivity contribution in [1.29, 1.82) is 0 Å². The number of hydrogen-bond acceptors (Lipinski definition) is 5. The third-order valence-electron chi connectivity index (χ3n) is 3.35. The van der Waals surface area contributed by atoms with Crippen molar-refractivity contribution >= 4 is 11.6 Å². The Kier molecular flexibility index (Phi) is 4.31. The molecule has 0 saturated carbocycles. The zero-order valence-electron chi connectivity index (χ0n) is 11.2. The number of carbonyl (C=O) groups is 1. The molecule has 7 heteroatoms. The Hall–Kier alpha value is -1.99. The molecular formula is C13H17N3O4. The minimum Gasteiger partial charge on any atom is -0.373 e. The second-order valence-corrected chi connectivity index (χ2v) is 4.74. The number of benzene rings is 1. The molecule has 1 aromatic rings. The molecular weight excluding hydrogens is 262 g/mol. The molecule has 20 heavy (non-hydrogen) atoms. The van der Waals surface area contributed by atoms with Crippen molar-refractivity contribution in [2.45, 2.75) is 13.0 Å². The summed E-state index contributed by atoms with van der Waals surface area (Å²) in [4.78, 5) is 24.4. The number of nitrogens with zero attached hydrogens (tertiary/aromatic N) is 2. The van der Waals surface area contributed by atoms with Gasteiger partial charge < -0.3 is 15.4 Å². The third-order valence-corrected chi connectivity index (χ3v) is 3.35. The van der Waals surface area contributed by atoms with E-state index in [1.807, 2.05) is 0 Å². The number of non-ortho nitro benzene ring substituents is 1. The number of nitrogens with two attached hydrogens (primary N) is 1. The zero-order chi connectivity index (χ0) is 14.7. The summed E-state index contributed by atoms with van der Waals surface area (Å²) in [5.74, 6) is -0.215. The smallest absolute Gasteiger partial charge is 0.270 e. The van der Waals surface area contributed by atoms with Gasteiger partial charge in [0.15, 0.2) is 0 Å². The second kappa shape index (κ2) is 5.98. The summed E-state index contributed by atoms with van der Waals surface area (Å²) in [6.07, 6.45) is -0.174. The molecule has 1 aliphatic rings. The molecule has 1 aliphatic heterocycles. The van der Waals surface area contributed by atoms with Gasteiger partial charge >= 0.3 is 0 Å². The number of morpholine rings is 1. The van der Waals surface area contributed by atoms with E-state index in [1.54, 1.807) is 17.9 Å². The number of nitro benzene ring substituents is 1. The maximum atomic E-state index is 12.5. The van der Waals surface area contributed by atoms with Crippen LogP contribution in [-0.4, -0.2) is 48.1 Å². The summed E-state index contributed by atoms with van der Waals surface area (Å²) in [6.45, 7) is 3.42. The first-order valence-electron chi connectivity index (χ1n) is 6.39. The molecule has 0 aromatic heterocycles. The highest BCUT2D eigenvalue weighted by atomic mass is 16.6. The highest BCUT2D eigenvalue weighted by Crippen LogP contribution is 2.20. The minimum atomic E-state index is -0.502. The molecule has 7 nitrogen and oxygen atoms in total. The maximum Gasteiger partial charge on any atom is 0.270 e. The number of aryl methyl sites for hydroxylation is 1. The van der Waals surface area contributed by atoms with Gasteiger partial charge in [-0.1, -0.05) is 6.07 Å². The van der Waals surface area contributed by atoms with E-state index in [0.717, 1.165) is 5.56 Å². The predicted octanol–water partition coefficient (Wildman–Crippen LogP) is 0.703. The Morgan fingerprint density at radius 3 is 3.00 bits per heavy atom. The van der Waals surface area contributed by atoms with Gasteiger partial charge in [-0.25, -0.2) is 0 Å². The van der Waals surface area contributed by atoms with Gasteiger partial charge in [0.25, 0.3) is 11.6 Å². The molecule has 1 heterocycles. The number of carbonyl (C=O) groups excluding carboxylic acids is 1. The van der Waals surface area contributed by atoms with Crippen LogP contribution in [0.15, 0.2) is 18.2 Å². The fraction of sp³-hybridized carbons (Fsp3) is 0.462. The monoisotopic (exact) mass is 279 g/mol. The van der Waals surface area contributed by atoms with Crippen LogP contribution in [0.1, 0.15) is 15.9 Å². The van der Waals surface area contributed by atoms with Crippen molar-refractivity contribution in [2.24, 2.45) is 5.73 Å². The molecule has 1 atom stereocenters. The van der Waals surface area contributed by atoms with Gasteiger partial charge in [-0.3, -0.25) is 14.9 Å². The number of ether oxygens (including phenoxy) is 1. The van der Waals surface area contributed by atoms with E-state index in [4.69, 9.17) is 10.5 Å². The predicted molar refractivity (Wildman–Crippen MR) is 72.5 cm³/mol. The number of rotatable bonds is 3. The van der Waals surface area contributed by atoms with Crippen LogP contribution < -0.4 is 5.73 Å². The lowest BCUT2D eigenvalue weighted by atomic mass is 10.1. The van der Waals surface area contributed by atoms with Crippen molar-refractivity contribution in [2.75, 3.05) is 26.2 Å². The van der Waals surface area contributed by atoms with Crippen LogP contribution in [0, 0.1) is 17.0 Å². The Morgan fingerprint density at radius 1 is 1.60 bits per heavy atom. The van der Waals surface area contributed by atoms with E-state index < -0.39 is 4.92 Å². The molecule has 2 N–H and O–H groups in total. The van der Waals surface area contributed by atoms with Crippen molar-refractivity contribution in [3.05, 3.63) is 39.4 Å². The van der Waals surface area contributed by atoms with Gasteiger partial charge in [0, 0.05) is 37.3 Å². The molecule has 1 aromatic carbocycles. The SMILES string of the molecule is Cc1ccc([N+](=O)[O-])cc1C(=O)N1CCOC(CN)C1. The fourth-order valence-corrected chi connectivity index (χ4v) is 2.17. The van der Waals surface area contributed by atoms with E-state index in [2.05, 4.69) is 0 Å². The Labute approximate surface area is 116 Å². The van der Waals surface area contributed by atoms with Gasteiger partial charge in [0.1, 0.15) is 0 Å². The van der Waals surface area contributed by atoms with E-state index >= 15 is 0 Å². The normalized spacial score (nSPS) is 18.9. The van der Waals surface area contributed by atoms with Crippen LogP contribution in [0.4, 0.5) is 5.69 Å². The quantitative estimate of drug-likeness (QED) is 0.648. The molecule has 0 spiro atoms. The van der Waals surface area contributed by atoms with Crippen LogP contribution in [0.5, 0.6) is 0 Å². The zero-order valence-corrected chi connectivity index (χ0v) is 11.2. The molecule has 0 radical (unpaired) electrons. The summed E-state index contributed by atoms with van der Waals surface area (Å²) in [6, 6.07) is 4.31. The van der Waals surface area contributed by atoms with Crippen LogP contribution in [0.25, 0.3) is 0 Å². The molecule has 1 fully saturated rings. The fourth-order valence-electron chi connectivity index (χ4n) is 2.17. The summed E-state index contributed by atoms with van der Waals surface area (Å²) >= 11 is 0. The standard InChI is InChI=1S/C13H17N3O4/c1-9-2-3-10(16(18)19)6-12(9)13(17)15-4-5-20-11(7-14)8-15/h2-3,6,11H,4-5,7-8,14H2,1H3. The second-order valence-electron chi connectivity index (χ2n) is 4.74. The van der Waals surface area contributed by atoms with E-state index in [9.17, 15) is 14.9 Å². The largest absolute Gasteiger partial charge is 0.373 e. The lowest BCUT2D eigenvalue weighted by Gasteiger charge is -2.32. The van der Waals surface area contributed by atoms with Crippen molar-refractivity contribution in [3.63, 3.8) is 0 Å². The van der Waals surface area contributed by atoms with Gasteiger partial charge in [-0.05, 0) is 12.5 Å². The lowest BCUT2D eigenvalue weighted by molar-refractivity contribution is -0.384. The van der Waals surface area contributed by atoms with E-state index in [0.29, 0.717) is 31.8 Å². The average molecular weight is 279 g/mol. The van der Waals surface area contributed by atoms with Gasteiger partial charge in [-0.2, -0.15) is 0 Å². The Balaban J connectivity index is 2.24. The third kappa shape index (κ3) is 2.94. The number of amides is 1. The number of nitro groups is 1. The number of hydrogen-bond donors (Lipinski definition) is 1. The topological polar surface area (TPSA) is 98.7 Å². The summed E-state index contributed by atoms with van der Waals surface area (Å²) in [5.41, 5.74) is 6.54. The summed E-state index contributed by atoms with van der Waals surface area (Å²) < 4.78 is 5.41. The summed E-state index contributed by atoms with van der Waals surface area (Å²) in [5, 5.41) is 10.8. The molecule has 1 unspecified atom stereocenters. The highest BCUT2D eigenvalue weighted by molar-refractivity contribution is 5.96. The van der Waals surface area contributed by atoms with Gasteiger partial charge in [-0.15, -0.1) is 0 Å². The molecule has 2 rings (SSSR count). The van der Waals surface area contributed by atoms with Crippen LogP contribution in [0.3, 0.4) is 0 Å². The van der Waals surface area contributed by atoms with Gasteiger partial charge in [0.2, 0.25) is 0 Å². The Morgan fingerprint density at radius 2 is 2.35 bits per heavy atom. The van der Waals surface area contributed by atoms with Crippen LogP contribution >= 0.6 is 0 Å². The Bertz CT molecular complexity index is 532. The molecule has 0 aliphatic carbocycles. The van der Waals surface area contributed by atoms with Crippen LogP contribution in [-0.2, 0) is 4.74 Å². The van der Waals surface area contributed by atoms with E-state index in [1.165, 1.54) is 12.1 Å². The van der Waals surface area contributed by atoms with Crippen molar-refractivity contribution < 1.29 is 14.5 Å². The van der Waals surface area contributed by atoms with E-state index in [-0.39, 0.29) is 17.7 Å². The minimum absolute atomic E-state index is 0.0809. The first kappa shape index (κ1) is 14.4. The average Bonchev–Trinajstić information content (AvgIpc) is 2.46. The molecule has 0 bridgehead atoms. The first-order chi connectivity index (χ1) is 9.52. The molecule has 1 amide bonds. The van der Waals surface area contributed by atoms with Crippen molar-refractivity contribution in [1.82, 2.24) is 4.90 Å². The summed E-state index contributed by atoms with van der Waals surface area (Å²) in [7, 11) is 0. The van der Waals surface area contributed by atoms with Crippen LogP contribution in [0.2, 0.25) is 0 Å². The van der Waals surface area contributed by atoms with Crippen molar-refractivity contribution in [3.8, 4) is 0 Å². The highest BCUT2D eigenvalue weighted by Gasteiger charge is 2.26. The lowest BCUT2D eigenvalue weighted by Crippen LogP contribution is -2.48. The molecule has 108 valence electrons. The van der Waals surface area contributed by atoms with Gasteiger partial charge in [0.05, 0.1) is 17.6 Å². The maximum absolute atomic E-state index is 12.5. The molecule has 1 saturated heterocycles.